The van der Waals surface area contributed by atoms with Gasteiger partial charge in [-0.15, -0.1) is 0 Å². The highest BCUT2D eigenvalue weighted by molar-refractivity contribution is 5.87. The molecule has 0 atom stereocenters. The Bertz CT molecular complexity index is 1150. The van der Waals surface area contributed by atoms with Gasteiger partial charge in [-0.05, 0) is 83.1 Å². The molecule has 1 aromatic carbocycles. The highest BCUT2D eigenvalue weighted by Gasteiger charge is 2.07. The highest BCUT2D eigenvalue weighted by atomic mass is 16.6. The van der Waals surface area contributed by atoms with Crippen LogP contribution in [0.5, 0.6) is 11.5 Å². The second-order valence-corrected chi connectivity index (χ2v) is 11.9. The lowest BCUT2D eigenvalue weighted by atomic mass is 10.3. The molecule has 54 heavy (non-hydrogen) atoms. The van der Waals surface area contributed by atoms with E-state index in [1.54, 1.807) is 21.0 Å². The first-order chi connectivity index (χ1) is 26.1. The number of carbonyl (C=O) groups is 4. The molecule has 0 radical (unpaired) electrons. The Labute approximate surface area is 321 Å². The van der Waals surface area contributed by atoms with Crippen LogP contribution >= 0.6 is 0 Å². The summed E-state index contributed by atoms with van der Waals surface area (Å²) in [6.07, 6.45) is 5.89. The highest BCUT2D eigenvalue weighted by Crippen LogP contribution is 2.17. The van der Waals surface area contributed by atoms with E-state index < -0.39 is 11.9 Å². The fraction of sp³-hybridized carbons (Fsp3) is 0.650. The minimum atomic E-state index is -0.449. The van der Waals surface area contributed by atoms with E-state index in [9.17, 15) is 19.2 Å². The number of carbonyl (C=O) groups excluding carboxylic acids is 4. The van der Waals surface area contributed by atoms with Gasteiger partial charge in [-0.3, -0.25) is 9.59 Å². The molecule has 0 N–H and O–H groups in total. The van der Waals surface area contributed by atoms with Crippen molar-refractivity contribution in [1.82, 2.24) is 0 Å². The fourth-order valence-electron chi connectivity index (χ4n) is 3.82. The monoisotopic (exact) mass is 768 g/mol. The first-order valence-corrected chi connectivity index (χ1v) is 18.6. The minimum Gasteiger partial charge on any atom is -0.494 e. The lowest BCUT2D eigenvalue weighted by Crippen LogP contribution is -2.13. The van der Waals surface area contributed by atoms with Crippen molar-refractivity contribution in [2.45, 2.75) is 78.6 Å². The Morgan fingerprint density at radius 1 is 0.481 bits per heavy atom. The number of hydrogen-bond donors (Lipinski definition) is 0. The summed E-state index contributed by atoms with van der Waals surface area (Å²) in [5.74, 6) is 0.105. The first kappa shape index (κ1) is 50.0. The molecule has 0 amide bonds. The zero-order valence-electron chi connectivity index (χ0n) is 33.0. The minimum absolute atomic E-state index is 0.174. The second-order valence-electron chi connectivity index (χ2n) is 11.9. The molecule has 14 heteroatoms. The molecule has 0 saturated carbocycles. The summed E-state index contributed by atoms with van der Waals surface area (Å²) in [7, 11) is 1.67. The van der Waals surface area contributed by atoms with Crippen LogP contribution in [0.1, 0.15) is 78.6 Å². The molecule has 14 nitrogen and oxygen atoms in total. The van der Waals surface area contributed by atoms with Crippen LogP contribution in [0, 0.1) is 0 Å². The number of unbranched alkanes of at least 4 members (excludes halogenated alkanes) is 2. The van der Waals surface area contributed by atoms with E-state index in [2.05, 4.69) is 20.1 Å². The van der Waals surface area contributed by atoms with Crippen LogP contribution in [0.3, 0.4) is 0 Å². The molecule has 0 aliphatic carbocycles. The SMILES string of the molecule is C=C(C)C(=O)OCCCC(=O)OCCOCCCCOC.C=C(C)C(=O)OCCCC(=O)OCCOCCCCOCCOc1ccc(OCCC)cc1. The lowest BCUT2D eigenvalue weighted by molar-refractivity contribution is -0.147. The summed E-state index contributed by atoms with van der Waals surface area (Å²) in [6.45, 7) is 18.1. The number of methoxy groups -OCH3 is 1. The lowest BCUT2D eigenvalue weighted by Gasteiger charge is -2.09. The molecule has 0 aliphatic heterocycles. The van der Waals surface area contributed by atoms with E-state index in [1.165, 1.54) is 0 Å². The van der Waals surface area contributed by atoms with Gasteiger partial charge < -0.3 is 47.4 Å². The van der Waals surface area contributed by atoms with E-state index in [4.69, 9.17) is 47.4 Å². The molecular formula is C40H64O14. The Morgan fingerprint density at radius 2 is 0.870 bits per heavy atom. The molecule has 0 bridgehead atoms. The molecule has 0 unspecified atom stereocenters. The van der Waals surface area contributed by atoms with Crippen LogP contribution in [0.2, 0.25) is 0 Å². The van der Waals surface area contributed by atoms with Gasteiger partial charge in [0, 0.05) is 57.5 Å². The number of benzene rings is 1. The Morgan fingerprint density at radius 3 is 1.26 bits per heavy atom. The van der Waals surface area contributed by atoms with Crippen LogP contribution < -0.4 is 9.47 Å². The predicted molar refractivity (Wildman–Crippen MR) is 202 cm³/mol. The topological polar surface area (TPSA) is 161 Å². The number of ether oxygens (including phenoxy) is 10. The van der Waals surface area contributed by atoms with Gasteiger partial charge in [-0.1, -0.05) is 20.1 Å². The molecule has 0 aromatic heterocycles. The number of rotatable bonds is 33. The van der Waals surface area contributed by atoms with Crippen LogP contribution in [-0.4, -0.2) is 117 Å². The van der Waals surface area contributed by atoms with Crippen molar-refractivity contribution in [3.05, 3.63) is 48.6 Å². The van der Waals surface area contributed by atoms with Gasteiger partial charge in [-0.25, -0.2) is 9.59 Å². The summed E-state index contributed by atoms with van der Waals surface area (Å²) in [5, 5.41) is 0. The average Bonchev–Trinajstić information content (AvgIpc) is 3.16. The maximum Gasteiger partial charge on any atom is 0.333 e. The van der Waals surface area contributed by atoms with Gasteiger partial charge >= 0.3 is 23.9 Å². The van der Waals surface area contributed by atoms with E-state index >= 15 is 0 Å². The van der Waals surface area contributed by atoms with Crippen LogP contribution in [0.15, 0.2) is 48.6 Å². The summed E-state index contributed by atoms with van der Waals surface area (Å²) in [4.78, 5) is 45.2. The van der Waals surface area contributed by atoms with Crippen molar-refractivity contribution in [3.63, 3.8) is 0 Å². The Hall–Kier alpha value is -3.98. The third-order valence-electron chi connectivity index (χ3n) is 6.70. The molecule has 0 fully saturated rings. The molecule has 0 heterocycles. The summed E-state index contributed by atoms with van der Waals surface area (Å²) < 4.78 is 52.2. The van der Waals surface area contributed by atoms with Gasteiger partial charge in [-0.2, -0.15) is 0 Å². The zero-order chi connectivity index (χ0) is 40.1. The normalized spacial score (nSPS) is 10.4. The standard InChI is InChI=1S/C25H38O8.C15H26O6/c1-4-13-30-22-9-11-23(12-10-22)31-19-17-28-14-5-6-15-29-18-20-32-24(26)8-7-16-33-25(27)21(2)3;1-13(2)15(17)21-10-6-7-14(16)20-12-11-19-9-5-4-8-18-3/h9-12H,2,4-8,13-20H2,1,3H3;1,4-12H2,2-3H3. The van der Waals surface area contributed by atoms with Crippen molar-refractivity contribution >= 4 is 23.9 Å². The maximum absolute atomic E-state index is 11.6. The van der Waals surface area contributed by atoms with Crippen molar-refractivity contribution < 1.29 is 66.5 Å². The predicted octanol–water partition coefficient (Wildman–Crippen LogP) is 5.98. The van der Waals surface area contributed by atoms with Gasteiger partial charge in [0.15, 0.2) is 0 Å². The van der Waals surface area contributed by atoms with Crippen LogP contribution in [-0.2, 0) is 57.1 Å². The van der Waals surface area contributed by atoms with E-state index in [-0.39, 0.29) is 51.2 Å². The molecule has 1 aromatic rings. The molecule has 1 rings (SSSR count). The molecule has 0 spiro atoms. The van der Waals surface area contributed by atoms with Crippen molar-refractivity contribution in [3.8, 4) is 11.5 Å². The number of esters is 4. The maximum atomic E-state index is 11.6. The van der Waals surface area contributed by atoms with E-state index in [0.29, 0.717) is 76.8 Å². The average molecular weight is 769 g/mol. The third kappa shape index (κ3) is 32.7. The molecular weight excluding hydrogens is 704 g/mol. The van der Waals surface area contributed by atoms with Crippen molar-refractivity contribution in [2.75, 3.05) is 93.0 Å². The van der Waals surface area contributed by atoms with E-state index in [0.717, 1.165) is 50.2 Å². The zero-order valence-corrected chi connectivity index (χ0v) is 33.0. The van der Waals surface area contributed by atoms with Gasteiger partial charge in [0.05, 0.1) is 39.6 Å². The summed E-state index contributed by atoms with van der Waals surface area (Å²) in [5.41, 5.74) is 0.686. The second kappa shape index (κ2) is 36.0. The largest absolute Gasteiger partial charge is 0.494 e. The van der Waals surface area contributed by atoms with Gasteiger partial charge in [0.1, 0.15) is 31.3 Å². The Kier molecular flexibility index (Phi) is 33.4. The van der Waals surface area contributed by atoms with Crippen molar-refractivity contribution in [2.24, 2.45) is 0 Å². The summed E-state index contributed by atoms with van der Waals surface area (Å²) >= 11 is 0. The first-order valence-electron chi connectivity index (χ1n) is 18.6. The van der Waals surface area contributed by atoms with Crippen molar-refractivity contribution in [1.29, 1.82) is 0 Å². The quantitative estimate of drug-likeness (QED) is 0.0355. The van der Waals surface area contributed by atoms with Crippen LogP contribution in [0.25, 0.3) is 0 Å². The molecule has 0 aliphatic rings. The Balaban J connectivity index is 0.00000115. The van der Waals surface area contributed by atoms with Gasteiger partial charge in [0.25, 0.3) is 0 Å². The summed E-state index contributed by atoms with van der Waals surface area (Å²) in [6, 6.07) is 7.58. The van der Waals surface area contributed by atoms with E-state index in [1.807, 2.05) is 24.3 Å². The number of hydrogen-bond acceptors (Lipinski definition) is 14. The fourth-order valence-corrected chi connectivity index (χ4v) is 3.82. The van der Waals surface area contributed by atoms with Gasteiger partial charge in [0.2, 0.25) is 0 Å². The molecule has 308 valence electrons. The smallest absolute Gasteiger partial charge is 0.333 e. The third-order valence-corrected chi connectivity index (χ3v) is 6.70. The van der Waals surface area contributed by atoms with Crippen LogP contribution in [0.4, 0.5) is 0 Å². The molecule has 0 saturated heterocycles.